The highest BCUT2D eigenvalue weighted by Gasteiger charge is 2.03. The second kappa shape index (κ2) is 18.9. The molecule has 2 amide bonds. The van der Waals surface area contributed by atoms with E-state index in [4.69, 9.17) is 0 Å². The van der Waals surface area contributed by atoms with Gasteiger partial charge in [0.25, 0.3) is 0 Å². The van der Waals surface area contributed by atoms with Gasteiger partial charge in [-0.05, 0) is 62.8 Å². The van der Waals surface area contributed by atoms with Gasteiger partial charge in [0.1, 0.15) is 0 Å². The van der Waals surface area contributed by atoms with E-state index >= 15 is 0 Å². The zero-order valence-corrected chi connectivity index (χ0v) is 23.5. The van der Waals surface area contributed by atoms with Crippen LogP contribution in [0.15, 0.2) is 34.5 Å². The minimum atomic E-state index is -0.0361. The number of thiophene rings is 2. The summed E-state index contributed by atoms with van der Waals surface area (Å²) >= 11 is 3.46. The number of aryl methyl sites for hydroxylation is 2. The number of carbonyl (C=O) groups excluding carboxylic acids is 2. The van der Waals surface area contributed by atoms with Gasteiger partial charge in [0, 0.05) is 32.4 Å². The zero-order chi connectivity index (χ0) is 25.8. The van der Waals surface area contributed by atoms with Crippen LogP contribution in [0.25, 0.3) is 0 Å². The van der Waals surface area contributed by atoms with E-state index in [1.54, 1.807) is 35.1 Å². The van der Waals surface area contributed by atoms with Gasteiger partial charge >= 0.3 is 0 Å². The van der Waals surface area contributed by atoms with Crippen LogP contribution in [-0.4, -0.2) is 24.2 Å². The van der Waals surface area contributed by atoms with E-state index in [1.165, 1.54) is 35.4 Å². The molecule has 0 spiro atoms. The van der Waals surface area contributed by atoms with Gasteiger partial charge in [-0.3, -0.25) is 9.59 Å². The number of amides is 2. The minimum Gasteiger partial charge on any atom is -0.273 e. The Labute approximate surface area is 224 Å². The van der Waals surface area contributed by atoms with Crippen LogP contribution < -0.4 is 10.9 Å². The summed E-state index contributed by atoms with van der Waals surface area (Å²) in [5, 5.41) is 8.16. The lowest BCUT2D eigenvalue weighted by Crippen LogP contribution is -2.17. The predicted octanol–water partition coefficient (Wildman–Crippen LogP) is 7.22. The Bertz CT molecular complexity index is 873. The molecule has 8 heteroatoms. The van der Waals surface area contributed by atoms with E-state index in [0.29, 0.717) is 12.8 Å². The van der Waals surface area contributed by atoms with Gasteiger partial charge in [0.2, 0.25) is 11.8 Å². The quantitative estimate of drug-likeness (QED) is 0.114. The Morgan fingerprint density at radius 2 is 1.08 bits per heavy atom. The molecule has 2 rings (SSSR count). The standard InChI is InChI=1S/C28H42N4O2S2/c1-3-5-13-23-17-19-25(35-23)21-29-31-27(33)15-11-9-7-8-10-12-16-28(34)32-30-22-26-20-18-24(36-26)14-6-4-2/h17-22H,3-16H2,1-2H3,(H,31,33)(H,32,34)/b29-21+,30-22+. The first-order valence-corrected chi connectivity index (χ1v) is 15.0. The number of carbonyl (C=O) groups is 2. The summed E-state index contributed by atoms with van der Waals surface area (Å²) in [5.74, 6) is -0.0723. The number of unbranched alkanes of at least 4 members (excludes halogenated alkanes) is 7. The second-order valence-corrected chi connectivity index (χ2v) is 11.4. The molecule has 2 aromatic heterocycles. The summed E-state index contributed by atoms with van der Waals surface area (Å²) in [4.78, 5) is 28.7. The van der Waals surface area contributed by atoms with E-state index in [2.05, 4.69) is 59.2 Å². The van der Waals surface area contributed by atoms with Crippen molar-refractivity contribution >= 4 is 46.9 Å². The third kappa shape index (κ3) is 13.7. The molecule has 0 aliphatic rings. The Morgan fingerprint density at radius 3 is 1.50 bits per heavy atom. The van der Waals surface area contributed by atoms with E-state index in [1.807, 2.05) is 0 Å². The molecule has 198 valence electrons. The molecule has 2 N–H and O–H groups in total. The van der Waals surface area contributed by atoms with Crippen molar-refractivity contribution in [2.24, 2.45) is 10.2 Å². The fourth-order valence-electron chi connectivity index (χ4n) is 3.62. The molecule has 0 bridgehead atoms. The maximum absolute atomic E-state index is 11.9. The highest BCUT2D eigenvalue weighted by atomic mass is 32.1. The number of rotatable bonds is 19. The topological polar surface area (TPSA) is 82.9 Å². The summed E-state index contributed by atoms with van der Waals surface area (Å²) in [6.07, 6.45) is 17.4. The van der Waals surface area contributed by atoms with Crippen molar-refractivity contribution < 1.29 is 9.59 Å². The highest BCUT2D eigenvalue weighted by Crippen LogP contribution is 2.18. The smallest absolute Gasteiger partial charge is 0.240 e. The van der Waals surface area contributed by atoms with Crippen LogP contribution in [0, 0.1) is 0 Å². The maximum atomic E-state index is 11.9. The average Bonchev–Trinajstić information content (AvgIpc) is 3.52. The maximum Gasteiger partial charge on any atom is 0.240 e. The van der Waals surface area contributed by atoms with Crippen LogP contribution >= 0.6 is 22.7 Å². The summed E-state index contributed by atoms with van der Waals surface area (Å²) in [6, 6.07) is 8.38. The lowest BCUT2D eigenvalue weighted by molar-refractivity contribution is -0.122. The molecular weight excluding hydrogens is 488 g/mol. The van der Waals surface area contributed by atoms with E-state index in [-0.39, 0.29) is 11.8 Å². The van der Waals surface area contributed by atoms with Crippen molar-refractivity contribution in [2.45, 2.75) is 104 Å². The van der Waals surface area contributed by atoms with E-state index in [9.17, 15) is 9.59 Å². The van der Waals surface area contributed by atoms with Crippen molar-refractivity contribution in [3.05, 3.63) is 43.8 Å². The molecule has 2 aromatic rings. The van der Waals surface area contributed by atoms with Crippen LogP contribution in [0.2, 0.25) is 0 Å². The number of hydrogen-bond acceptors (Lipinski definition) is 6. The van der Waals surface area contributed by atoms with Crippen LogP contribution in [0.3, 0.4) is 0 Å². The summed E-state index contributed by atoms with van der Waals surface area (Å²) in [5.41, 5.74) is 5.25. The SMILES string of the molecule is CCCCc1ccc(/C=N/NC(=O)CCCCCCCCC(=O)N/N=C/c2ccc(CCCC)s2)s1. The van der Waals surface area contributed by atoms with Gasteiger partial charge in [-0.25, -0.2) is 10.9 Å². The summed E-state index contributed by atoms with van der Waals surface area (Å²) in [6.45, 7) is 4.39. The lowest BCUT2D eigenvalue weighted by Gasteiger charge is -2.02. The molecule has 0 fully saturated rings. The third-order valence-corrected chi connectivity index (χ3v) is 7.90. The highest BCUT2D eigenvalue weighted by molar-refractivity contribution is 7.14. The van der Waals surface area contributed by atoms with Gasteiger partial charge < -0.3 is 0 Å². The van der Waals surface area contributed by atoms with Crippen molar-refractivity contribution in [3.63, 3.8) is 0 Å². The molecule has 0 aliphatic carbocycles. The van der Waals surface area contributed by atoms with Crippen LogP contribution in [0.4, 0.5) is 0 Å². The van der Waals surface area contributed by atoms with Gasteiger partial charge in [-0.1, -0.05) is 52.4 Å². The molecule has 0 atom stereocenters. The summed E-state index contributed by atoms with van der Waals surface area (Å²) in [7, 11) is 0. The van der Waals surface area contributed by atoms with Gasteiger partial charge in [-0.15, -0.1) is 22.7 Å². The minimum absolute atomic E-state index is 0.0361. The molecule has 0 saturated heterocycles. The first-order chi connectivity index (χ1) is 17.6. The number of nitrogens with one attached hydrogen (secondary N) is 2. The Morgan fingerprint density at radius 1 is 0.667 bits per heavy atom. The Hall–Kier alpha value is -2.32. The fraction of sp³-hybridized carbons (Fsp3) is 0.571. The predicted molar refractivity (Wildman–Crippen MR) is 154 cm³/mol. The third-order valence-electron chi connectivity index (χ3n) is 5.74. The van der Waals surface area contributed by atoms with Crippen molar-refractivity contribution in [1.29, 1.82) is 0 Å². The molecule has 6 nitrogen and oxygen atoms in total. The molecule has 36 heavy (non-hydrogen) atoms. The van der Waals surface area contributed by atoms with Gasteiger partial charge in [0.15, 0.2) is 0 Å². The first kappa shape index (κ1) is 29.9. The van der Waals surface area contributed by atoms with Crippen molar-refractivity contribution in [3.8, 4) is 0 Å². The molecule has 0 unspecified atom stereocenters. The molecule has 0 aromatic carbocycles. The second-order valence-electron chi connectivity index (χ2n) is 9.02. The van der Waals surface area contributed by atoms with Gasteiger partial charge in [-0.2, -0.15) is 10.2 Å². The molecule has 0 saturated carbocycles. The van der Waals surface area contributed by atoms with Gasteiger partial charge in [0.05, 0.1) is 12.4 Å². The fourth-order valence-corrected chi connectivity index (χ4v) is 5.48. The Balaban J connectivity index is 1.43. The van der Waals surface area contributed by atoms with Crippen LogP contribution in [0.5, 0.6) is 0 Å². The van der Waals surface area contributed by atoms with E-state index in [0.717, 1.165) is 61.1 Å². The van der Waals surface area contributed by atoms with E-state index < -0.39 is 0 Å². The number of nitrogens with zero attached hydrogens (tertiary/aromatic N) is 2. The van der Waals surface area contributed by atoms with Crippen LogP contribution in [-0.2, 0) is 22.4 Å². The molecule has 0 radical (unpaired) electrons. The van der Waals surface area contributed by atoms with Crippen LogP contribution in [0.1, 0.15) is 110 Å². The van der Waals surface area contributed by atoms with Crippen molar-refractivity contribution in [2.75, 3.05) is 0 Å². The lowest BCUT2D eigenvalue weighted by atomic mass is 10.1. The summed E-state index contributed by atoms with van der Waals surface area (Å²) < 4.78 is 0. The molecular formula is C28H42N4O2S2. The number of hydrogen-bond donors (Lipinski definition) is 2. The number of hydrazone groups is 2. The molecule has 2 heterocycles. The Kier molecular flexibility index (Phi) is 15.7. The zero-order valence-electron chi connectivity index (χ0n) is 21.9. The average molecular weight is 531 g/mol. The normalized spacial score (nSPS) is 11.5. The van der Waals surface area contributed by atoms with Crippen molar-refractivity contribution in [1.82, 2.24) is 10.9 Å². The monoisotopic (exact) mass is 530 g/mol. The first-order valence-electron chi connectivity index (χ1n) is 13.4. The largest absolute Gasteiger partial charge is 0.273 e. The molecule has 0 aliphatic heterocycles.